The number of rotatable bonds is 5. The van der Waals surface area contributed by atoms with Gasteiger partial charge in [0.1, 0.15) is 0 Å². The molecule has 0 aliphatic heterocycles. The Balaban J connectivity index is 0. The zero-order chi connectivity index (χ0) is 10.5. The third kappa shape index (κ3) is 34.3. The van der Waals surface area contributed by atoms with Gasteiger partial charge in [0.05, 0.1) is 12.9 Å². The zero-order valence-electron chi connectivity index (χ0n) is 9.42. The molecule has 0 fully saturated rings. The molecule has 13 heavy (non-hydrogen) atoms. The van der Waals surface area contributed by atoms with Gasteiger partial charge in [0, 0.05) is 6.10 Å². The summed E-state index contributed by atoms with van der Waals surface area (Å²) in [5.41, 5.74) is 0. The Labute approximate surface area is 82.6 Å². The summed E-state index contributed by atoms with van der Waals surface area (Å²) in [7, 11) is 0. The minimum Gasteiger partial charge on any atom is -0.502 e. The van der Waals surface area contributed by atoms with Gasteiger partial charge in [0.25, 0.3) is 0 Å². The molecule has 0 saturated carbocycles. The van der Waals surface area contributed by atoms with Crippen molar-refractivity contribution in [1.29, 1.82) is 0 Å². The molecule has 0 amide bonds. The van der Waals surface area contributed by atoms with Crippen molar-refractivity contribution in [3.63, 3.8) is 0 Å². The van der Waals surface area contributed by atoms with Crippen LogP contribution in [0, 0.1) is 0 Å². The van der Waals surface area contributed by atoms with Gasteiger partial charge >= 0.3 is 0 Å². The van der Waals surface area contributed by atoms with Crippen molar-refractivity contribution in [2.45, 2.75) is 53.1 Å². The van der Waals surface area contributed by atoms with Crippen molar-refractivity contribution in [2.24, 2.45) is 0 Å². The number of aliphatic hydroxyl groups is 1. The van der Waals surface area contributed by atoms with Gasteiger partial charge in [0.15, 0.2) is 0 Å². The van der Waals surface area contributed by atoms with Crippen molar-refractivity contribution < 1.29 is 9.84 Å². The first-order chi connectivity index (χ1) is 6.15. The fourth-order valence-corrected chi connectivity index (χ4v) is 0.600. The van der Waals surface area contributed by atoms with Crippen molar-refractivity contribution in [2.75, 3.05) is 6.61 Å². The number of hydrogen-bond acceptors (Lipinski definition) is 2. The van der Waals surface area contributed by atoms with Crippen LogP contribution in [0.1, 0.15) is 47.0 Å². The van der Waals surface area contributed by atoms with Crippen molar-refractivity contribution in [3.05, 3.63) is 12.3 Å². The summed E-state index contributed by atoms with van der Waals surface area (Å²) in [6.07, 6.45) is 7.21. The average Bonchev–Trinajstić information content (AvgIpc) is 2.03. The molecule has 0 spiro atoms. The summed E-state index contributed by atoms with van der Waals surface area (Å²) in [5, 5.41) is 8.06. The first-order valence-corrected chi connectivity index (χ1v) is 5.06. The first kappa shape index (κ1) is 15.0. The van der Waals surface area contributed by atoms with Gasteiger partial charge in [-0.15, -0.1) is 0 Å². The van der Waals surface area contributed by atoms with Crippen LogP contribution in [0.15, 0.2) is 12.3 Å². The molecule has 0 aliphatic carbocycles. The quantitative estimate of drug-likeness (QED) is 0.530. The summed E-state index contributed by atoms with van der Waals surface area (Å²) >= 11 is 0. The Kier molecular flexibility index (Phi) is 16.2. The van der Waals surface area contributed by atoms with Gasteiger partial charge in [-0.2, -0.15) is 0 Å². The van der Waals surface area contributed by atoms with Gasteiger partial charge in [-0.05, 0) is 27.2 Å². The number of ether oxygens (including phenoxy) is 1. The maximum absolute atomic E-state index is 8.06. The van der Waals surface area contributed by atoms with E-state index in [9.17, 15) is 0 Å². The van der Waals surface area contributed by atoms with Gasteiger partial charge in [0.2, 0.25) is 0 Å². The summed E-state index contributed by atoms with van der Waals surface area (Å²) in [5.74, 6) is 0. The third-order valence-electron chi connectivity index (χ3n) is 1.10. The molecule has 0 radical (unpaired) electrons. The smallest absolute Gasteiger partial charge is 0.0873 e. The highest BCUT2D eigenvalue weighted by Crippen LogP contribution is 1.93. The highest BCUT2D eigenvalue weighted by molar-refractivity contribution is 4.64. The topological polar surface area (TPSA) is 29.5 Å². The van der Waals surface area contributed by atoms with Crippen LogP contribution in [0.5, 0.6) is 0 Å². The van der Waals surface area contributed by atoms with E-state index in [0.29, 0.717) is 0 Å². The van der Waals surface area contributed by atoms with E-state index in [1.165, 1.54) is 19.3 Å². The molecule has 1 N–H and O–H groups in total. The van der Waals surface area contributed by atoms with Crippen LogP contribution in [-0.2, 0) is 4.74 Å². The van der Waals surface area contributed by atoms with E-state index < -0.39 is 0 Å². The molecule has 0 rings (SSSR count). The molecular formula is C11H24O2. The van der Waals surface area contributed by atoms with E-state index in [-0.39, 0.29) is 6.10 Å². The fraction of sp³-hybridized carbons (Fsp3) is 0.818. The maximum Gasteiger partial charge on any atom is 0.0873 e. The Hall–Kier alpha value is -0.500. The highest BCUT2D eigenvalue weighted by atomic mass is 16.5. The largest absolute Gasteiger partial charge is 0.502 e. The van der Waals surface area contributed by atoms with Crippen molar-refractivity contribution in [3.8, 4) is 0 Å². The van der Waals surface area contributed by atoms with Crippen LogP contribution in [0.2, 0.25) is 0 Å². The Morgan fingerprint density at radius 3 is 2.23 bits per heavy atom. The normalized spacial score (nSPS) is 10.0. The Morgan fingerprint density at radius 2 is 1.85 bits per heavy atom. The van der Waals surface area contributed by atoms with Crippen LogP contribution < -0.4 is 0 Å². The molecule has 0 aromatic carbocycles. The minimum atomic E-state index is -0.167. The van der Waals surface area contributed by atoms with Crippen molar-refractivity contribution >= 4 is 0 Å². The van der Waals surface area contributed by atoms with Crippen molar-refractivity contribution in [1.82, 2.24) is 0 Å². The minimum absolute atomic E-state index is 0.167. The van der Waals surface area contributed by atoms with Gasteiger partial charge in [-0.3, -0.25) is 0 Å². The molecule has 0 aromatic heterocycles. The second-order valence-corrected chi connectivity index (χ2v) is 3.14. The standard InChI is InChI=1S/C8H16O.C3H8O/c1-3-5-6-8-9-7-4-2;1-3(2)4/h4,7H,3,5-6,8H2,1-2H3;3-4H,1-2H3. The van der Waals surface area contributed by atoms with Crippen LogP contribution in [-0.4, -0.2) is 17.8 Å². The van der Waals surface area contributed by atoms with Gasteiger partial charge < -0.3 is 9.84 Å². The summed E-state index contributed by atoms with van der Waals surface area (Å²) < 4.78 is 5.10. The third-order valence-corrected chi connectivity index (χ3v) is 1.10. The molecule has 2 nitrogen and oxygen atoms in total. The second-order valence-electron chi connectivity index (χ2n) is 3.14. The van der Waals surface area contributed by atoms with Crippen LogP contribution in [0.3, 0.4) is 0 Å². The number of unbranched alkanes of at least 4 members (excludes halogenated alkanes) is 2. The van der Waals surface area contributed by atoms with E-state index in [2.05, 4.69) is 6.92 Å². The fourth-order valence-electron chi connectivity index (χ4n) is 0.600. The zero-order valence-corrected chi connectivity index (χ0v) is 9.42. The monoisotopic (exact) mass is 188 g/mol. The molecule has 2 heteroatoms. The summed E-state index contributed by atoms with van der Waals surface area (Å²) in [6.45, 7) is 8.47. The molecule has 0 aromatic rings. The van der Waals surface area contributed by atoms with E-state index >= 15 is 0 Å². The number of allylic oxidation sites excluding steroid dienone is 1. The van der Waals surface area contributed by atoms with Gasteiger partial charge in [-0.1, -0.05) is 25.8 Å². The van der Waals surface area contributed by atoms with Gasteiger partial charge in [-0.25, -0.2) is 0 Å². The lowest BCUT2D eigenvalue weighted by atomic mass is 10.3. The van der Waals surface area contributed by atoms with Crippen LogP contribution in [0.4, 0.5) is 0 Å². The van der Waals surface area contributed by atoms with E-state index in [4.69, 9.17) is 9.84 Å². The lowest BCUT2D eigenvalue weighted by Gasteiger charge is -1.96. The average molecular weight is 188 g/mol. The summed E-state index contributed by atoms with van der Waals surface area (Å²) in [6, 6.07) is 0. The van der Waals surface area contributed by atoms with E-state index in [1.54, 1.807) is 20.1 Å². The molecule has 0 heterocycles. The lowest BCUT2D eigenvalue weighted by molar-refractivity contribution is 0.216. The lowest BCUT2D eigenvalue weighted by Crippen LogP contribution is -1.85. The Morgan fingerprint density at radius 1 is 1.31 bits per heavy atom. The Bertz CT molecular complexity index is 95.5. The molecule has 0 aliphatic rings. The highest BCUT2D eigenvalue weighted by Gasteiger charge is 1.81. The maximum atomic E-state index is 8.06. The predicted octanol–water partition coefficient (Wildman–Crippen LogP) is 3.11. The molecule has 0 saturated heterocycles. The van der Waals surface area contributed by atoms with E-state index in [1.807, 2.05) is 13.0 Å². The first-order valence-electron chi connectivity index (χ1n) is 5.06. The number of hydrogen-bond donors (Lipinski definition) is 1. The molecule has 0 unspecified atom stereocenters. The van der Waals surface area contributed by atoms with E-state index in [0.717, 1.165) is 6.61 Å². The molecular weight excluding hydrogens is 164 g/mol. The molecule has 0 atom stereocenters. The second kappa shape index (κ2) is 14.0. The predicted molar refractivity (Wildman–Crippen MR) is 57.6 cm³/mol. The molecule has 80 valence electrons. The van der Waals surface area contributed by atoms with Crippen LogP contribution >= 0.6 is 0 Å². The SMILES string of the molecule is CC(C)O.CC=COCCCCC. The number of aliphatic hydroxyl groups excluding tert-OH is 1. The molecule has 0 bridgehead atoms. The van der Waals surface area contributed by atoms with Crippen LogP contribution in [0.25, 0.3) is 0 Å². The summed E-state index contributed by atoms with van der Waals surface area (Å²) in [4.78, 5) is 0.